The summed E-state index contributed by atoms with van der Waals surface area (Å²) in [4.78, 5) is 13.2. The molecule has 158 valence electrons. The Kier molecular flexibility index (Phi) is 7.34. The van der Waals surface area contributed by atoms with Crippen molar-refractivity contribution < 1.29 is 14.3 Å². The van der Waals surface area contributed by atoms with E-state index in [4.69, 9.17) is 0 Å². The van der Waals surface area contributed by atoms with Crippen molar-refractivity contribution in [2.24, 2.45) is 0 Å². The molecule has 0 bridgehead atoms. The first-order chi connectivity index (χ1) is 14.4. The van der Waals surface area contributed by atoms with Gasteiger partial charge < -0.3 is 15.0 Å². The van der Waals surface area contributed by atoms with Crippen LogP contribution in [0.1, 0.15) is 38.4 Å². The van der Waals surface area contributed by atoms with E-state index in [0.717, 1.165) is 24.2 Å². The summed E-state index contributed by atoms with van der Waals surface area (Å²) in [6.45, 7) is 5.20. The summed E-state index contributed by atoms with van der Waals surface area (Å²) in [5.74, 6) is -1.23. The number of benzene rings is 2. The third-order valence-electron chi connectivity index (χ3n) is 5.46. The van der Waals surface area contributed by atoms with Gasteiger partial charge in [-0.25, -0.2) is 9.18 Å². The fourth-order valence-corrected chi connectivity index (χ4v) is 4.13. The second-order valence-electron chi connectivity index (χ2n) is 7.28. The van der Waals surface area contributed by atoms with Crippen LogP contribution in [0.3, 0.4) is 0 Å². The minimum absolute atomic E-state index is 0.283. The van der Waals surface area contributed by atoms with Crippen molar-refractivity contribution in [2.45, 2.75) is 38.3 Å². The average Bonchev–Trinajstić information content (AvgIpc) is 2.97. The van der Waals surface area contributed by atoms with Crippen LogP contribution in [0, 0.1) is 19.7 Å². The van der Waals surface area contributed by atoms with Crippen molar-refractivity contribution in [1.82, 2.24) is 9.88 Å². The minimum atomic E-state index is -0.952. The monoisotopic (exact) mass is 426 g/mol. The molecular formula is C24H27FN2O2S. The van der Waals surface area contributed by atoms with E-state index < -0.39 is 5.97 Å². The second kappa shape index (κ2) is 9.96. The van der Waals surface area contributed by atoms with Gasteiger partial charge in [0.15, 0.2) is 0 Å². The number of aromatic nitrogens is 1. The molecule has 4 nitrogen and oxygen atoms in total. The quantitative estimate of drug-likeness (QED) is 0.372. The number of carboxylic acids is 1. The third kappa shape index (κ3) is 4.94. The van der Waals surface area contributed by atoms with Crippen molar-refractivity contribution in [3.8, 4) is 0 Å². The van der Waals surface area contributed by atoms with E-state index in [-0.39, 0.29) is 5.82 Å². The standard InChI is InChI=1S/C24H27FN2O2S/c1-16-21(14-26-13-12-18-8-10-20(30-3)11-9-18)23(24(28)29)17(2)27(16)15-19-6-4-5-7-22(19)25/h4-11,26H,12-15H2,1-3H3,(H,28,29). The predicted octanol–water partition coefficient (Wildman–Crippen LogP) is 5.04. The second-order valence-corrected chi connectivity index (χ2v) is 8.16. The number of thioether (sulfide) groups is 1. The summed E-state index contributed by atoms with van der Waals surface area (Å²) < 4.78 is 16.0. The van der Waals surface area contributed by atoms with Gasteiger partial charge in [0.2, 0.25) is 0 Å². The van der Waals surface area contributed by atoms with E-state index in [1.54, 1.807) is 36.9 Å². The van der Waals surface area contributed by atoms with E-state index in [1.165, 1.54) is 16.5 Å². The maximum atomic E-state index is 14.1. The van der Waals surface area contributed by atoms with Gasteiger partial charge in [0.1, 0.15) is 5.82 Å². The summed E-state index contributed by atoms with van der Waals surface area (Å²) in [6, 6.07) is 15.1. The maximum absolute atomic E-state index is 14.1. The lowest BCUT2D eigenvalue weighted by Gasteiger charge is -2.11. The summed E-state index contributed by atoms with van der Waals surface area (Å²) >= 11 is 1.72. The molecule has 1 aromatic heterocycles. The Labute approximate surface area is 181 Å². The highest BCUT2D eigenvalue weighted by Crippen LogP contribution is 2.24. The summed E-state index contributed by atoms with van der Waals surface area (Å²) in [7, 11) is 0. The van der Waals surface area contributed by atoms with Crippen LogP contribution in [0.4, 0.5) is 4.39 Å². The smallest absolute Gasteiger partial charge is 0.337 e. The van der Waals surface area contributed by atoms with E-state index >= 15 is 0 Å². The third-order valence-corrected chi connectivity index (χ3v) is 6.21. The first-order valence-electron chi connectivity index (χ1n) is 9.91. The lowest BCUT2D eigenvalue weighted by molar-refractivity contribution is 0.0694. The van der Waals surface area contributed by atoms with Crippen LogP contribution in [0.5, 0.6) is 0 Å². The number of carbonyl (C=O) groups is 1. The predicted molar refractivity (Wildman–Crippen MR) is 120 cm³/mol. The number of nitrogens with one attached hydrogen (secondary N) is 1. The van der Waals surface area contributed by atoms with Gasteiger partial charge in [0, 0.05) is 34.0 Å². The molecule has 0 aliphatic carbocycles. The van der Waals surface area contributed by atoms with Gasteiger partial charge in [-0.15, -0.1) is 11.8 Å². The van der Waals surface area contributed by atoms with Crippen molar-refractivity contribution in [3.63, 3.8) is 0 Å². The zero-order chi connectivity index (χ0) is 21.7. The van der Waals surface area contributed by atoms with Crippen molar-refractivity contribution in [3.05, 3.63) is 88.0 Å². The molecule has 0 aliphatic rings. The molecule has 0 unspecified atom stereocenters. The van der Waals surface area contributed by atoms with E-state index in [0.29, 0.717) is 29.9 Å². The highest BCUT2D eigenvalue weighted by atomic mass is 32.2. The molecule has 2 aromatic carbocycles. The molecule has 3 aromatic rings. The van der Waals surface area contributed by atoms with Gasteiger partial charge >= 0.3 is 5.97 Å². The molecule has 0 saturated carbocycles. The van der Waals surface area contributed by atoms with Crippen LogP contribution in [0.15, 0.2) is 53.4 Å². The first kappa shape index (κ1) is 22.1. The summed E-state index contributed by atoms with van der Waals surface area (Å²) in [6.07, 6.45) is 2.92. The van der Waals surface area contributed by atoms with Crippen LogP contribution < -0.4 is 5.32 Å². The first-order valence-corrected chi connectivity index (χ1v) is 11.1. The molecule has 0 radical (unpaired) electrons. The topological polar surface area (TPSA) is 54.3 Å². The van der Waals surface area contributed by atoms with E-state index in [9.17, 15) is 14.3 Å². The SMILES string of the molecule is CSc1ccc(CCNCc2c(C(=O)O)c(C)n(Cc3ccccc3F)c2C)cc1. The molecule has 0 spiro atoms. The van der Waals surface area contributed by atoms with Gasteiger partial charge in [-0.2, -0.15) is 0 Å². The molecule has 3 rings (SSSR count). The van der Waals surface area contributed by atoms with Crippen LogP contribution in [-0.2, 0) is 19.5 Å². The minimum Gasteiger partial charge on any atom is -0.478 e. The number of halogens is 1. The molecule has 0 fully saturated rings. The van der Waals surface area contributed by atoms with Crippen LogP contribution in [0.25, 0.3) is 0 Å². The normalized spacial score (nSPS) is 11.1. The zero-order valence-electron chi connectivity index (χ0n) is 17.5. The average molecular weight is 427 g/mol. The number of rotatable bonds is 9. The number of carboxylic acid groups (broad SMARTS) is 1. The van der Waals surface area contributed by atoms with Crippen LogP contribution >= 0.6 is 11.8 Å². The molecule has 0 atom stereocenters. The molecule has 0 amide bonds. The Balaban J connectivity index is 1.73. The maximum Gasteiger partial charge on any atom is 0.337 e. The molecule has 1 heterocycles. The highest BCUT2D eigenvalue weighted by Gasteiger charge is 2.22. The molecule has 6 heteroatoms. The zero-order valence-corrected chi connectivity index (χ0v) is 18.4. The number of aromatic carboxylic acids is 1. The summed E-state index contributed by atoms with van der Waals surface area (Å²) in [5.41, 5.74) is 4.35. The number of hydrogen-bond donors (Lipinski definition) is 2. The Morgan fingerprint density at radius 1 is 1.10 bits per heavy atom. The lowest BCUT2D eigenvalue weighted by atomic mass is 10.1. The molecular weight excluding hydrogens is 399 g/mol. The van der Waals surface area contributed by atoms with Gasteiger partial charge in [0.05, 0.1) is 12.1 Å². The fourth-order valence-electron chi connectivity index (χ4n) is 3.72. The van der Waals surface area contributed by atoms with E-state index in [2.05, 4.69) is 35.8 Å². The molecule has 30 heavy (non-hydrogen) atoms. The van der Waals surface area contributed by atoms with Crippen molar-refractivity contribution in [1.29, 1.82) is 0 Å². The number of hydrogen-bond acceptors (Lipinski definition) is 3. The van der Waals surface area contributed by atoms with Gasteiger partial charge in [-0.05, 0) is 56.8 Å². The Bertz CT molecular complexity index is 1030. The summed E-state index contributed by atoms with van der Waals surface area (Å²) in [5, 5.41) is 13.1. The van der Waals surface area contributed by atoms with Gasteiger partial charge in [-0.1, -0.05) is 30.3 Å². The van der Waals surface area contributed by atoms with Crippen LogP contribution in [-0.4, -0.2) is 28.4 Å². The largest absolute Gasteiger partial charge is 0.478 e. The van der Waals surface area contributed by atoms with Gasteiger partial charge in [-0.3, -0.25) is 0 Å². The molecule has 0 aliphatic heterocycles. The molecule has 2 N–H and O–H groups in total. The Morgan fingerprint density at radius 3 is 2.43 bits per heavy atom. The Hall–Kier alpha value is -2.57. The Morgan fingerprint density at radius 2 is 1.80 bits per heavy atom. The number of nitrogens with zero attached hydrogens (tertiary/aromatic N) is 1. The lowest BCUT2D eigenvalue weighted by Crippen LogP contribution is -2.18. The van der Waals surface area contributed by atoms with Gasteiger partial charge in [0.25, 0.3) is 0 Å². The highest BCUT2D eigenvalue weighted by molar-refractivity contribution is 7.98. The van der Waals surface area contributed by atoms with Crippen molar-refractivity contribution >= 4 is 17.7 Å². The molecule has 0 saturated heterocycles. The van der Waals surface area contributed by atoms with Crippen LogP contribution in [0.2, 0.25) is 0 Å². The van der Waals surface area contributed by atoms with Crippen molar-refractivity contribution in [2.75, 3.05) is 12.8 Å². The van der Waals surface area contributed by atoms with E-state index in [1.807, 2.05) is 11.5 Å². The fraction of sp³-hybridized carbons (Fsp3) is 0.292.